The first-order valence-electron chi connectivity index (χ1n) is 6.42. The SMILES string of the molecule is CC1NC(c2cccs2)N(C(C)CCS(C)=O)C1=O. The Balaban J connectivity index is 2.14. The fourth-order valence-corrected chi connectivity index (χ4v) is 3.81. The van der Waals surface area contributed by atoms with Gasteiger partial charge in [0, 0.05) is 33.7 Å². The molecular weight excluding hydrogens is 280 g/mol. The van der Waals surface area contributed by atoms with Gasteiger partial charge < -0.3 is 4.90 Å². The molecule has 1 saturated heterocycles. The predicted octanol–water partition coefficient (Wildman–Crippen LogP) is 1.72. The number of nitrogens with one attached hydrogen (secondary N) is 1. The van der Waals surface area contributed by atoms with Gasteiger partial charge in [-0.2, -0.15) is 0 Å². The first-order chi connectivity index (χ1) is 9.00. The summed E-state index contributed by atoms with van der Waals surface area (Å²) in [4.78, 5) is 15.4. The molecule has 0 saturated carbocycles. The topological polar surface area (TPSA) is 49.4 Å². The van der Waals surface area contributed by atoms with E-state index >= 15 is 0 Å². The van der Waals surface area contributed by atoms with Gasteiger partial charge in [0.25, 0.3) is 0 Å². The minimum absolute atomic E-state index is 0.0391. The van der Waals surface area contributed by atoms with Gasteiger partial charge in [-0.1, -0.05) is 6.07 Å². The Kier molecular flexibility index (Phi) is 4.76. The second kappa shape index (κ2) is 6.15. The Morgan fingerprint density at radius 2 is 2.32 bits per heavy atom. The summed E-state index contributed by atoms with van der Waals surface area (Å²) in [6, 6.07) is 3.99. The van der Waals surface area contributed by atoms with E-state index in [9.17, 15) is 9.00 Å². The molecular formula is C13H20N2O2S2. The third-order valence-corrected chi connectivity index (χ3v) is 5.16. The Morgan fingerprint density at radius 3 is 2.89 bits per heavy atom. The Morgan fingerprint density at radius 1 is 1.58 bits per heavy atom. The van der Waals surface area contributed by atoms with E-state index in [2.05, 4.69) is 5.32 Å². The largest absolute Gasteiger partial charge is 0.318 e. The number of amides is 1. The highest BCUT2D eigenvalue weighted by molar-refractivity contribution is 7.84. The van der Waals surface area contributed by atoms with Crippen LogP contribution in [-0.4, -0.2) is 39.1 Å². The van der Waals surface area contributed by atoms with E-state index in [1.165, 1.54) is 0 Å². The van der Waals surface area contributed by atoms with Crippen molar-refractivity contribution in [3.05, 3.63) is 22.4 Å². The summed E-state index contributed by atoms with van der Waals surface area (Å²) < 4.78 is 11.2. The number of hydrogen-bond donors (Lipinski definition) is 1. The molecule has 4 atom stereocenters. The lowest BCUT2D eigenvalue weighted by atomic mass is 10.2. The maximum absolute atomic E-state index is 12.3. The molecule has 1 N–H and O–H groups in total. The van der Waals surface area contributed by atoms with Crippen LogP contribution in [0.5, 0.6) is 0 Å². The Hall–Kier alpha value is -0.720. The molecule has 1 aromatic heterocycles. The van der Waals surface area contributed by atoms with E-state index < -0.39 is 10.8 Å². The van der Waals surface area contributed by atoms with Gasteiger partial charge in [0.1, 0.15) is 6.17 Å². The highest BCUT2D eigenvalue weighted by atomic mass is 32.2. The van der Waals surface area contributed by atoms with E-state index in [0.29, 0.717) is 5.75 Å². The summed E-state index contributed by atoms with van der Waals surface area (Å²) in [6.07, 6.45) is 2.43. The summed E-state index contributed by atoms with van der Waals surface area (Å²) in [5, 5.41) is 5.36. The molecule has 1 aliphatic rings. The third kappa shape index (κ3) is 3.24. The van der Waals surface area contributed by atoms with Crippen molar-refractivity contribution in [2.75, 3.05) is 12.0 Å². The normalized spacial score (nSPS) is 26.7. The van der Waals surface area contributed by atoms with Crippen LogP contribution in [0.4, 0.5) is 0 Å². The number of carbonyl (C=O) groups is 1. The molecule has 19 heavy (non-hydrogen) atoms. The van der Waals surface area contributed by atoms with Crippen LogP contribution >= 0.6 is 11.3 Å². The average molecular weight is 300 g/mol. The molecule has 0 radical (unpaired) electrons. The van der Waals surface area contributed by atoms with Gasteiger partial charge in [-0.3, -0.25) is 14.3 Å². The second-order valence-corrected chi connectivity index (χ2v) is 7.50. The zero-order valence-corrected chi connectivity index (χ0v) is 13.1. The fourth-order valence-electron chi connectivity index (χ4n) is 2.35. The van der Waals surface area contributed by atoms with Crippen molar-refractivity contribution in [1.82, 2.24) is 10.2 Å². The van der Waals surface area contributed by atoms with Gasteiger partial charge in [0.2, 0.25) is 5.91 Å². The molecule has 4 nitrogen and oxygen atoms in total. The third-order valence-electron chi connectivity index (χ3n) is 3.42. The molecule has 2 heterocycles. The Labute approximate surface area is 120 Å². The van der Waals surface area contributed by atoms with E-state index in [-0.39, 0.29) is 24.2 Å². The molecule has 0 spiro atoms. The summed E-state index contributed by atoms with van der Waals surface area (Å²) in [7, 11) is -0.810. The van der Waals surface area contributed by atoms with Gasteiger partial charge in [0.15, 0.2) is 0 Å². The lowest BCUT2D eigenvalue weighted by Crippen LogP contribution is -2.38. The van der Waals surface area contributed by atoms with Crippen LogP contribution in [0, 0.1) is 0 Å². The van der Waals surface area contributed by atoms with E-state index in [1.54, 1.807) is 17.6 Å². The molecule has 0 bridgehead atoms. The molecule has 0 aromatic carbocycles. The van der Waals surface area contributed by atoms with Crippen LogP contribution in [0.3, 0.4) is 0 Å². The van der Waals surface area contributed by atoms with Gasteiger partial charge in [0.05, 0.1) is 6.04 Å². The van der Waals surface area contributed by atoms with Crippen LogP contribution in [0.15, 0.2) is 17.5 Å². The molecule has 1 fully saturated rings. The van der Waals surface area contributed by atoms with E-state index in [4.69, 9.17) is 0 Å². The van der Waals surface area contributed by atoms with Crippen LogP contribution in [0.25, 0.3) is 0 Å². The molecule has 2 rings (SSSR count). The first kappa shape index (κ1) is 14.7. The van der Waals surface area contributed by atoms with Crippen molar-refractivity contribution in [2.45, 2.75) is 38.5 Å². The van der Waals surface area contributed by atoms with Gasteiger partial charge >= 0.3 is 0 Å². The quantitative estimate of drug-likeness (QED) is 0.901. The fraction of sp³-hybridized carbons (Fsp3) is 0.615. The number of carbonyl (C=O) groups excluding carboxylic acids is 1. The van der Waals surface area contributed by atoms with Crippen LogP contribution in [-0.2, 0) is 15.6 Å². The minimum atomic E-state index is -0.810. The number of hydrogen-bond acceptors (Lipinski definition) is 4. The molecule has 4 unspecified atom stereocenters. The van der Waals surface area contributed by atoms with E-state index in [1.807, 2.05) is 36.3 Å². The zero-order chi connectivity index (χ0) is 14.0. The van der Waals surface area contributed by atoms with Crippen molar-refractivity contribution in [1.29, 1.82) is 0 Å². The highest BCUT2D eigenvalue weighted by Crippen LogP contribution is 2.31. The van der Waals surface area contributed by atoms with Crippen LogP contribution < -0.4 is 5.32 Å². The minimum Gasteiger partial charge on any atom is -0.318 e. The standard InChI is InChI=1S/C13H20N2O2S2/c1-9(6-8-19(3)17)15-12(11-5-4-7-18-11)14-10(2)13(15)16/h4-5,7,9-10,12,14H,6,8H2,1-3H3. The molecule has 0 aliphatic carbocycles. The zero-order valence-electron chi connectivity index (χ0n) is 11.5. The number of thiophene rings is 1. The van der Waals surface area contributed by atoms with Crippen LogP contribution in [0.2, 0.25) is 0 Å². The number of rotatable bonds is 5. The van der Waals surface area contributed by atoms with Crippen molar-refractivity contribution in [2.24, 2.45) is 0 Å². The maximum atomic E-state index is 12.3. The van der Waals surface area contributed by atoms with Crippen molar-refractivity contribution in [3.63, 3.8) is 0 Å². The van der Waals surface area contributed by atoms with Crippen LogP contribution in [0.1, 0.15) is 31.3 Å². The predicted molar refractivity (Wildman–Crippen MR) is 79.5 cm³/mol. The van der Waals surface area contributed by atoms with Crippen molar-refractivity contribution in [3.8, 4) is 0 Å². The molecule has 106 valence electrons. The maximum Gasteiger partial charge on any atom is 0.241 e. The van der Waals surface area contributed by atoms with Crippen molar-refractivity contribution >= 4 is 28.0 Å². The molecule has 1 aliphatic heterocycles. The molecule has 6 heteroatoms. The summed E-state index contributed by atoms with van der Waals surface area (Å²) in [6.45, 7) is 3.93. The lowest BCUT2D eigenvalue weighted by molar-refractivity contribution is -0.131. The summed E-state index contributed by atoms with van der Waals surface area (Å²) in [5.74, 6) is 0.768. The highest BCUT2D eigenvalue weighted by Gasteiger charge is 2.39. The summed E-state index contributed by atoms with van der Waals surface area (Å²) in [5.41, 5.74) is 0. The molecule has 1 amide bonds. The second-order valence-electron chi connectivity index (χ2n) is 4.97. The van der Waals surface area contributed by atoms with Gasteiger partial charge in [-0.25, -0.2) is 0 Å². The lowest BCUT2D eigenvalue weighted by Gasteiger charge is -2.29. The van der Waals surface area contributed by atoms with E-state index in [0.717, 1.165) is 11.3 Å². The Bertz CT molecular complexity index is 461. The first-order valence-corrected chi connectivity index (χ1v) is 9.03. The average Bonchev–Trinajstić information content (AvgIpc) is 2.96. The smallest absolute Gasteiger partial charge is 0.241 e. The van der Waals surface area contributed by atoms with Gasteiger partial charge in [-0.15, -0.1) is 11.3 Å². The van der Waals surface area contributed by atoms with Crippen molar-refractivity contribution < 1.29 is 9.00 Å². The number of nitrogens with zero attached hydrogens (tertiary/aromatic N) is 1. The van der Waals surface area contributed by atoms with Gasteiger partial charge in [-0.05, 0) is 31.7 Å². The summed E-state index contributed by atoms with van der Waals surface area (Å²) >= 11 is 1.65. The monoisotopic (exact) mass is 300 g/mol. The molecule has 1 aromatic rings.